The monoisotopic (exact) mass is 357 g/mol. The van der Waals surface area contributed by atoms with Crippen molar-refractivity contribution in [2.75, 3.05) is 26.9 Å². The highest BCUT2D eigenvalue weighted by Gasteiger charge is 2.20. The Morgan fingerprint density at radius 3 is 2.33 bits per heavy atom. The highest BCUT2D eigenvalue weighted by Crippen LogP contribution is 2.49. The van der Waals surface area contributed by atoms with Crippen LogP contribution in [0.5, 0.6) is 0 Å². The number of carbonyl (C=O) groups excluding carboxylic acids is 1. The molecule has 0 bridgehead atoms. The van der Waals surface area contributed by atoms with Crippen molar-refractivity contribution < 1.29 is 28.0 Å². The van der Waals surface area contributed by atoms with Gasteiger partial charge >= 0.3 is 13.7 Å². The predicted molar refractivity (Wildman–Crippen MR) is 90.3 cm³/mol. The number of nitrogens with zero attached hydrogens (tertiary/aromatic N) is 1. The summed E-state index contributed by atoms with van der Waals surface area (Å²) < 4.78 is 27.3. The van der Waals surface area contributed by atoms with Crippen LogP contribution in [0.4, 0.5) is 4.79 Å². The number of methoxy groups -OCH3 is 1. The highest BCUT2D eigenvalue weighted by atomic mass is 31.2. The first kappa shape index (κ1) is 20.4. The number of ether oxygens (including phenoxy) is 1. The van der Waals surface area contributed by atoms with E-state index in [1.54, 1.807) is 13.8 Å². The van der Waals surface area contributed by atoms with Crippen LogP contribution in [0, 0.1) is 0 Å². The second kappa shape index (κ2) is 11.0. The lowest BCUT2D eigenvalue weighted by Gasteiger charge is -2.19. The molecule has 0 unspecified atom stereocenters. The second-order valence-electron chi connectivity index (χ2n) is 4.55. The van der Waals surface area contributed by atoms with E-state index in [-0.39, 0.29) is 26.4 Å². The van der Waals surface area contributed by atoms with Crippen molar-refractivity contribution in [1.29, 1.82) is 0 Å². The summed E-state index contributed by atoms with van der Waals surface area (Å²) >= 11 is 0. The molecular formula is C16H24NO6P. The molecule has 0 fully saturated rings. The third-order valence-corrected chi connectivity index (χ3v) is 4.60. The molecular weight excluding hydrogens is 333 g/mol. The lowest BCUT2D eigenvalue weighted by atomic mass is 10.2. The Balaban J connectivity index is 2.66. The third kappa shape index (κ3) is 7.27. The summed E-state index contributed by atoms with van der Waals surface area (Å²) in [4.78, 5) is 17.2. The molecule has 0 radical (unpaired) electrons. The first-order valence-corrected chi connectivity index (χ1v) is 9.24. The molecule has 7 nitrogen and oxygen atoms in total. The number of amides is 1. The largest absolute Gasteiger partial charge is 0.451 e. The van der Waals surface area contributed by atoms with Crippen LogP contribution in [0.2, 0.25) is 0 Å². The van der Waals surface area contributed by atoms with Crippen molar-refractivity contribution in [1.82, 2.24) is 5.06 Å². The fourth-order valence-corrected chi connectivity index (χ4v) is 3.08. The van der Waals surface area contributed by atoms with E-state index in [1.165, 1.54) is 19.0 Å². The van der Waals surface area contributed by atoms with E-state index in [0.29, 0.717) is 0 Å². The molecule has 8 heteroatoms. The van der Waals surface area contributed by atoms with Gasteiger partial charge in [0.1, 0.15) is 6.61 Å². The summed E-state index contributed by atoms with van der Waals surface area (Å²) in [7, 11) is -2.05. The number of carbonyl (C=O) groups is 1. The Morgan fingerprint density at radius 2 is 1.79 bits per heavy atom. The molecule has 0 aliphatic carbocycles. The Hall–Kier alpha value is -1.66. The minimum absolute atomic E-state index is 0.0453. The van der Waals surface area contributed by atoms with E-state index in [4.69, 9.17) is 13.9 Å². The quantitative estimate of drug-likeness (QED) is 0.466. The minimum Gasteiger partial charge on any atom is -0.451 e. The van der Waals surface area contributed by atoms with Gasteiger partial charge in [0.15, 0.2) is 0 Å². The minimum atomic E-state index is -3.31. The molecule has 0 aliphatic heterocycles. The molecule has 1 rings (SSSR count). The SMILES string of the molecule is CCOP(=O)(/C=C/CN(OCc1ccccc1)C(=O)OC)OCC. The second-order valence-corrected chi connectivity index (χ2v) is 6.44. The average Bonchev–Trinajstić information content (AvgIpc) is 2.58. The summed E-state index contributed by atoms with van der Waals surface area (Å²) in [5.41, 5.74) is 0.907. The fraction of sp³-hybridized carbons (Fsp3) is 0.438. The molecule has 1 aromatic rings. The number of rotatable bonds is 10. The molecule has 0 spiro atoms. The summed E-state index contributed by atoms with van der Waals surface area (Å²) in [5.74, 6) is 1.32. The molecule has 0 N–H and O–H groups in total. The van der Waals surface area contributed by atoms with E-state index in [1.807, 2.05) is 30.3 Å². The molecule has 0 saturated carbocycles. The summed E-state index contributed by atoms with van der Waals surface area (Å²) in [5, 5.41) is 1.03. The normalized spacial score (nSPS) is 11.6. The van der Waals surface area contributed by atoms with E-state index in [0.717, 1.165) is 10.6 Å². The van der Waals surface area contributed by atoms with Crippen LogP contribution in [0.3, 0.4) is 0 Å². The molecule has 24 heavy (non-hydrogen) atoms. The van der Waals surface area contributed by atoms with Crippen molar-refractivity contribution in [2.24, 2.45) is 0 Å². The van der Waals surface area contributed by atoms with Gasteiger partial charge in [-0.2, -0.15) is 5.06 Å². The van der Waals surface area contributed by atoms with E-state index >= 15 is 0 Å². The van der Waals surface area contributed by atoms with E-state index < -0.39 is 13.7 Å². The van der Waals surface area contributed by atoms with Crippen molar-refractivity contribution in [2.45, 2.75) is 20.5 Å². The van der Waals surface area contributed by atoms with Gasteiger partial charge in [-0.3, -0.25) is 9.40 Å². The van der Waals surface area contributed by atoms with Gasteiger partial charge in [-0.1, -0.05) is 36.4 Å². The Morgan fingerprint density at radius 1 is 1.17 bits per heavy atom. The van der Waals surface area contributed by atoms with Gasteiger partial charge in [0, 0.05) is 5.82 Å². The van der Waals surface area contributed by atoms with Gasteiger partial charge in [-0.05, 0) is 19.4 Å². The maximum atomic E-state index is 12.3. The molecule has 0 heterocycles. The Labute approximate surface area is 142 Å². The maximum absolute atomic E-state index is 12.3. The van der Waals surface area contributed by atoms with Crippen LogP contribution in [0.25, 0.3) is 0 Å². The molecule has 134 valence electrons. The molecule has 0 atom stereocenters. The highest BCUT2D eigenvalue weighted by molar-refractivity contribution is 7.57. The van der Waals surface area contributed by atoms with Gasteiger partial charge in [0.25, 0.3) is 0 Å². The number of hydrogen-bond donors (Lipinski definition) is 0. The topological polar surface area (TPSA) is 74.3 Å². The number of benzene rings is 1. The number of hydrogen-bond acceptors (Lipinski definition) is 6. The first-order valence-electron chi connectivity index (χ1n) is 7.63. The van der Waals surface area contributed by atoms with E-state index in [2.05, 4.69) is 4.74 Å². The van der Waals surface area contributed by atoms with Crippen LogP contribution in [0.1, 0.15) is 19.4 Å². The Bertz CT molecular complexity index is 553. The van der Waals surface area contributed by atoms with Gasteiger partial charge in [0.05, 0.1) is 26.9 Å². The lowest BCUT2D eigenvalue weighted by Crippen LogP contribution is -2.31. The van der Waals surface area contributed by atoms with Gasteiger partial charge in [-0.15, -0.1) is 0 Å². The van der Waals surface area contributed by atoms with Gasteiger partial charge in [-0.25, -0.2) is 4.79 Å². The molecule has 0 saturated heterocycles. The summed E-state index contributed by atoms with van der Waals surface area (Å²) in [6.07, 6.45) is 0.840. The summed E-state index contributed by atoms with van der Waals surface area (Å²) in [6, 6.07) is 9.40. The van der Waals surface area contributed by atoms with Crippen LogP contribution in [-0.2, 0) is 29.8 Å². The van der Waals surface area contributed by atoms with Crippen molar-refractivity contribution in [3.63, 3.8) is 0 Å². The first-order chi connectivity index (χ1) is 11.5. The molecule has 0 aromatic heterocycles. The average molecular weight is 357 g/mol. The van der Waals surface area contributed by atoms with Crippen molar-refractivity contribution >= 4 is 13.7 Å². The number of hydroxylamine groups is 2. The summed E-state index contributed by atoms with van der Waals surface area (Å²) in [6.45, 7) is 4.22. The maximum Gasteiger partial charge on any atom is 0.433 e. The van der Waals surface area contributed by atoms with Crippen LogP contribution < -0.4 is 0 Å². The smallest absolute Gasteiger partial charge is 0.433 e. The van der Waals surface area contributed by atoms with E-state index in [9.17, 15) is 9.36 Å². The van der Waals surface area contributed by atoms with Crippen molar-refractivity contribution in [3.05, 3.63) is 47.8 Å². The molecule has 1 aromatic carbocycles. The van der Waals surface area contributed by atoms with Crippen LogP contribution in [-0.4, -0.2) is 38.0 Å². The zero-order chi connectivity index (χ0) is 17.8. The molecule has 1 amide bonds. The molecule has 0 aliphatic rings. The van der Waals surface area contributed by atoms with Gasteiger partial charge < -0.3 is 13.8 Å². The zero-order valence-corrected chi connectivity index (χ0v) is 15.1. The predicted octanol–water partition coefficient (Wildman–Crippen LogP) is 3.97. The van der Waals surface area contributed by atoms with Crippen LogP contribution >= 0.6 is 7.60 Å². The Kier molecular flexibility index (Phi) is 9.34. The lowest BCUT2D eigenvalue weighted by molar-refractivity contribution is -0.137. The van der Waals surface area contributed by atoms with Gasteiger partial charge in [0.2, 0.25) is 0 Å². The van der Waals surface area contributed by atoms with Crippen LogP contribution in [0.15, 0.2) is 42.2 Å². The van der Waals surface area contributed by atoms with Crippen molar-refractivity contribution in [3.8, 4) is 0 Å². The third-order valence-electron chi connectivity index (χ3n) is 2.79. The standard InChI is InChI=1S/C16H24NO6P/c1-4-22-24(19,23-5-2)13-9-12-17(16(18)20-3)21-14-15-10-7-6-8-11-15/h6-11,13H,4-5,12,14H2,1-3H3/b13-9+. The zero-order valence-electron chi connectivity index (χ0n) is 14.2. The fourth-order valence-electron chi connectivity index (χ4n) is 1.76.